The van der Waals surface area contributed by atoms with E-state index in [9.17, 15) is 23.9 Å². The molecule has 3 rings (SSSR count). The summed E-state index contributed by atoms with van der Waals surface area (Å²) in [5.74, 6) is -2.87. The van der Waals surface area contributed by atoms with Crippen molar-refractivity contribution in [1.29, 1.82) is 0 Å². The fourth-order valence-electron chi connectivity index (χ4n) is 3.41. The van der Waals surface area contributed by atoms with Crippen molar-refractivity contribution < 1.29 is 23.9 Å². The summed E-state index contributed by atoms with van der Waals surface area (Å²) in [6.45, 7) is 1.24. The van der Waals surface area contributed by atoms with Gasteiger partial charge in [-0.25, -0.2) is 9.18 Å². The van der Waals surface area contributed by atoms with Crippen LogP contribution >= 0.6 is 0 Å². The number of fused-ring (bicyclic) bond motifs is 1. The van der Waals surface area contributed by atoms with Crippen molar-refractivity contribution in [3.05, 3.63) is 83.7 Å². The number of rotatable bonds is 8. The summed E-state index contributed by atoms with van der Waals surface area (Å²) in [7, 11) is 0. The maximum absolute atomic E-state index is 14.0. The molecule has 0 aromatic heterocycles. The zero-order chi connectivity index (χ0) is 22.4. The fourth-order valence-corrected chi connectivity index (χ4v) is 3.41. The minimum absolute atomic E-state index is 0.0679. The molecule has 0 unspecified atom stereocenters. The van der Waals surface area contributed by atoms with E-state index in [1.165, 1.54) is 25.1 Å². The van der Waals surface area contributed by atoms with Gasteiger partial charge >= 0.3 is 5.97 Å². The van der Waals surface area contributed by atoms with E-state index in [1.807, 2.05) is 42.5 Å². The van der Waals surface area contributed by atoms with Gasteiger partial charge in [0.15, 0.2) is 0 Å². The van der Waals surface area contributed by atoms with Gasteiger partial charge < -0.3 is 15.7 Å². The molecule has 0 aliphatic rings. The molecule has 0 aliphatic heterocycles. The highest BCUT2D eigenvalue weighted by Crippen LogP contribution is 2.17. The lowest BCUT2D eigenvalue weighted by atomic mass is 10.0. The van der Waals surface area contributed by atoms with Gasteiger partial charge in [0.2, 0.25) is 11.8 Å². The molecule has 0 heterocycles. The van der Waals surface area contributed by atoms with Crippen LogP contribution in [-0.2, 0) is 27.2 Å². The third-order valence-electron chi connectivity index (χ3n) is 4.94. The van der Waals surface area contributed by atoms with E-state index < -0.39 is 35.7 Å². The van der Waals surface area contributed by atoms with E-state index in [0.29, 0.717) is 0 Å². The Hall–Kier alpha value is -3.74. The second kappa shape index (κ2) is 9.84. The Morgan fingerprint density at radius 1 is 0.871 bits per heavy atom. The van der Waals surface area contributed by atoms with Crippen LogP contribution in [0.15, 0.2) is 66.7 Å². The predicted octanol–water partition coefficient (Wildman–Crippen LogP) is 2.84. The predicted molar refractivity (Wildman–Crippen MR) is 115 cm³/mol. The molecule has 0 bridgehead atoms. The van der Waals surface area contributed by atoms with Gasteiger partial charge in [-0.2, -0.15) is 0 Å². The number of amides is 2. The maximum atomic E-state index is 14.0. The van der Waals surface area contributed by atoms with Crippen LogP contribution in [0.5, 0.6) is 0 Å². The van der Waals surface area contributed by atoms with Crippen LogP contribution in [0.3, 0.4) is 0 Å². The quantitative estimate of drug-likeness (QED) is 0.520. The minimum atomic E-state index is -1.20. The molecule has 3 aromatic rings. The summed E-state index contributed by atoms with van der Waals surface area (Å²) in [5, 5.41) is 16.6. The van der Waals surface area contributed by atoms with Crippen molar-refractivity contribution in [1.82, 2.24) is 10.6 Å². The van der Waals surface area contributed by atoms with Gasteiger partial charge in [-0.15, -0.1) is 0 Å². The van der Waals surface area contributed by atoms with Crippen LogP contribution in [0.4, 0.5) is 4.39 Å². The Morgan fingerprint density at radius 3 is 2.23 bits per heavy atom. The Morgan fingerprint density at radius 2 is 1.55 bits per heavy atom. The topological polar surface area (TPSA) is 95.5 Å². The van der Waals surface area contributed by atoms with E-state index in [4.69, 9.17) is 0 Å². The molecular formula is C24H23FN2O4. The highest BCUT2D eigenvalue weighted by Gasteiger charge is 2.27. The Bertz CT molecular complexity index is 1120. The number of carbonyl (C=O) groups excluding carboxylic acids is 2. The molecule has 31 heavy (non-hydrogen) atoms. The van der Waals surface area contributed by atoms with Crippen LogP contribution in [0.25, 0.3) is 10.8 Å². The summed E-state index contributed by atoms with van der Waals surface area (Å²) >= 11 is 0. The van der Waals surface area contributed by atoms with Crippen LogP contribution in [0.1, 0.15) is 18.1 Å². The first-order valence-corrected chi connectivity index (χ1v) is 9.85. The number of benzene rings is 3. The van der Waals surface area contributed by atoms with Crippen molar-refractivity contribution in [2.45, 2.75) is 31.8 Å². The normalized spacial score (nSPS) is 12.7. The van der Waals surface area contributed by atoms with E-state index >= 15 is 0 Å². The lowest BCUT2D eigenvalue weighted by molar-refractivity contribution is -0.142. The average molecular weight is 422 g/mol. The first-order chi connectivity index (χ1) is 14.8. The molecule has 0 saturated carbocycles. The molecule has 2 amide bonds. The number of halogens is 1. The van der Waals surface area contributed by atoms with Crippen LogP contribution in [0.2, 0.25) is 0 Å². The molecule has 160 valence electrons. The molecule has 0 aliphatic carbocycles. The van der Waals surface area contributed by atoms with E-state index in [0.717, 1.165) is 16.3 Å². The van der Waals surface area contributed by atoms with E-state index in [2.05, 4.69) is 10.6 Å². The molecule has 0 saturated heterocycles. The third kappa shape index (κ3) is 5.88. The lowest BCUT2D eigenvalue weighted by Crippen LogP contribution is -2.52. The van der Waals surface area contributed by atoms with Crippen molar-refractivity contribution in [3.63, 3.8) is 0 Å². The zero-order valence-electron chi connectivity index (χ0n) is 17.0. The average Bonchev–Trinajstić information content (AvgIpc) is 2.73. The van der Waals surface area contributed by atoms with Crippen LogP contribution in [-0.4, -0.2) is 35.0 Å². The van der Waals surface area contributed by atoms with Crippen molar-refractivity contribution in [2.75, 3.05) is 0 Å². The summed E-state index contributed by atoms with van der Waals surface area (Å²) < 4.78 is 14.0. The fraction of sp³-hybridized carbons (Fsp3) is 0.208. The standard InChI is InChI=1S/C24H23FN2O4/c1-15(28)26-21(14-19-8-4-5-9-20(19)25)23(29)27-22(24(30)31)13-16-10-11-17-6-2-3-7-18(17)12-16/h2-12,21-22H,13-14H2,1H3,(H,26,28)(H,27,29)(H,30,31)/t21-,22-/m0/s1. The Balaban J connectivity index is 1.76. The van der Waals surface area contributed by atoms with Crippen LogP contribution in [0, 0.1) is 5.82 Å². The smallest absolute Gasteiger partial charge is 0.326 e. The van der Waals surface area contributed by atoms with E-state index in [-0.39, 0.29) is 18.4 Å². The molecule has 0 fully saturated rings. The SMILES string of the molecule is CC(=O)N[C@@H](Cc1ccccc1F)C(=O)N[C@@H](Cc1ccc2ccccc2c1)C(=O)O. The Labute approximate surface area is 179 Å². The molecule has 6 nitrogen and oxygen atoms in total. The number of aliphatic carboxylic acids is 1. The lowest BCUT2D eigenvalue weighted by Gasteiger charge is -2.21. The van der Waals surface area contributed by atoms with Gasteiger partial charge in [-0.05, 0) is 28.0 Å². The number of carboxylic acid groups (broad SMARTS) is 1. The summed E-state index contributed by atoms with van der Waals surface area (Å²) in [4.78, 5) is 36.2. The molecule has 0 spiro atoms. The number of hydrogen-bond donors (Lipinski definition) is 3. The van der Waals surface area contributed by atoms with Crippen molar-refractivity contribution >= 4 is 28.6 Å². The van der Waals surface area contributed by atoms with Crippen LogP contribution < -0.4 is 10.6 Å². The summed E-state index contributed by atoms with van der Waals surface area (Å²) in [5.41, 5.74) is 0.995. The highest BCUT2D eigenvalue weighted by atomic mass is 19.1. The van der Waals surface area contributed by atoms with Gasteiger partial charge in [0, 0.05) is 19.8 Å². The Kier molecular flexibility index (Phi) is 6.97. The summed E-state index contributed by atoms with van der Waals surface area (Å²) in [6.07, 6.45) is -0.0290. The monoisotopic (exact) mass is 422 g/mol. The second-order valence-electron chi connectivity index (χ2n) is 7.33. The molecule has 7 heteroatoms. The largest absolute Gasteiger partial charge is 0.480 e. The van der Waals surface area contributed by atoms with Crippen molar-refractivity contribution in [2.24, 2.45) is 0 Å². The molecule has 3 aromatic carbocycles. The van der Waals surface area contributed by atoms with Crippen molar-refractivity contribution in [3.8, 4) is 0 Å². The first-order valence-electron chi connectivity index (χ1n) is 9.85. The summed E-state index contributed by atoms with van der Waals surface area (Å²) in [6, 6.07) is 16.9. The number of nitrogens with one attached hydrogen (secondary N) is 2. The molecular weight excluding hydrogens is 399 g/mol. The first kappa shape index (κ1) is 22.0. The highest BCUT2D eigenvalue weighted by molar-refractivity contribution is 5.90. The second-order valence-corrected chi connectivity index (χ2v) is 7.33. The van der Waals surface area contributed by atoms with Gasteiger partial charge in [0.25, 0.3) is 0 Å². The van der Waals surface area contributed by atoms with Gasteiger partial charge in [-0.3, -0.25) is 9.59 Å². The number of carboxylic acids is 1. The number of carbonyl (C=O) groups is 3. The molecule has 0 radical (unpaired) electrons. The van der Waals surface area contributed by atoms with Gasteiger partial charge in [-0.1, -0.05) is 60.7 Å². The maximum Gasteiger partial charge on any atom is 0.326 e. The third-order valence-corrected chi connectivity index (χ3v) is 4.94. The minimum Gasteiger partial charge on any atom is -0.480 e. The zero-order valence-corrected chi connectivity index (χ0v) is 17.0. The number of hydrogen-bond acceptors (Lipinski definition) is 3. The molecule has 3 N–H and O–H groups in total. The van der Waals surface area contributed by atoms with E-state index in [1.54, 1.807) is 6.07 Å². The molecule has 2 atom stereocenters. The van der Waals surface area contributed by atoms with Gasteiger partial charge in [0.05, 0.1) is 0 Å². The van der Waals surface area contributed by atoms with Gasteiger partial charge in [0.1, 0.15) is 17.9 Å².